The number of carboxylic acids is 1. The highest BCUT2D eigenvalue weighted by Crippen LogP contribution is 2.26. The maximum Gasteiger partial charge on any atom is 0.323 e. The van der Waals surface area contributed by atoms with Gasteiger partial charge >= 0.3 is 5.97 Å². The molecule has 1 atom stereocenters. The summed E-state index contributed by atoms with van der Waals surface area (Å²) >= 11 is 0. The molecule has 0 aromatic rings. The normalized spacial score (nSPS) is 19.9. The highest BCUT2D eigenvalue weighted by atomic mass is 32.2. The number of aliphatic hydroxyl groups is 1. The Morgan fingerprint density at radius 3 is 2.33 bits per heavy atom. The molecule has 0 aromatic carbocycles. The monoisotopic (exact) mass is 279 g/mol. The molecule has 0 heterocycles. The van der Waals surface area contributed by atoms with E-state index in [0.29, 0.717) is 0 Å². The van der Waals surface area contributed by atoms with Crippen molar-refractivity contribution < 1.29 is 23.4 Å². The van der Waals surface area contributed by atoms with Crippen molar-refractivity contribution >= 4 is 16.0 Å². The molecule has 18 heavy (non-hydrogen) atoms. The molecule has 0 spiro atoms. The number of carboxylic acid groups (broad SMARTS) is 1. The number of sulfonamides is 1. The fourth-order valence-corrected chi connectivity index (χ4v) is 3.94. The van der Waals surface area contributed by atoms with Crippen molar-refractivity contribution in [3.8, 4) is 0 Å². The van der Waals surface area contributed by atoms with Crippen LogP contribution in [0.1, 0.15) is 39.0 Å². The number of hydrogen-bond acceptors (Lipinski definition) is 4. The molecule has 1 saturated carbocycles. The predicted molar refractivity (Wildman–Crippen MR) is 66.7 cm³/mol. The fraction of sp³-hybridized carbons (Fsp3) is 0.909. The summed E-state index contributed by atoms with van der Waals surface area (Å²) in [5.41, 5.74) is 0. The summed E-state index contributed by atoms with van der Waals surface area (Å²) in [6.07, 6.45) is 4.46. The summed E-state index contributed by atoms with van der Waals surface area (Å²) < 4.78 is 25.6. The summed E-state index contributed by atoms with van der Waals surface area (Å²) in [5, 5.41) is 16.4. The molecular formula is C11H21NO5S. The second-order valence-corrected chi connectivity index (χ2v) is 6.86. The number of carbonyl (C=O) groups is 1. The average molecular weight is 279 g/mol. The van der Waals surface area contributed by atoms with E-state index in [1.165, 1.54) is 11.2 Å². The van der Waals surface area contributed by atoms with E-state index in [2.05, 4.69) is 0 Å². The lowest BCUT2D eigenvalue weighted by Gasteiger charge is -2.34. The quantitative estimate of drug-likeness (QED) is 0.734. The van der Waals surface area contributed by atoms with Gasteiger partial charge in [-0.05, 0) is 19.8 Å². The van der Waals surface area contributed by atoms with Gasteiger partial charge in [-0.3, -0.25) is 4.79 Å². The van der Waals surface area contributed by atoms with Gasteiger partial charge in [-0.15, -0.1) is 0 Å². The minimum absolute atomic E-state index is 0.0232. The smallest absolute Gasteiger partial charge is 0.323 e. The van der Waals surface area contributed by atoms with E-state index in [4.69, 9.17) is 10.2 Å². The second kappa shape index (κ2) is 6.49. The van der Waals surface area contributed by atoms with Crippen LogP contribution >= 0.6 is 0 Å². The van der Waals surface area contributed by atoms with Gasteiger partial charge in [-0.25, -0.2) is 8.42 Å². The fourth-order valence-electron chi connectivity index (χ4n) is 2.32. The molecule has 0 aliphatic heterocycles. The number of hydrogen-bond donors (Lipinski definition) is 2. The Morgan fingerprint density at radius 2 is 1.89 bits per heavy atom. The van der Waals surface area contributed by atoms with Gasteiger partial charge in [-0.1, -0.05) is 19.3 Å². The third-order valence-corrected chi connectivity index (χ3v) is 5.65. The molecule has 106 valence electrons. The second-order valence-electron chi connectivity index (χ2n) is 4.65. The van der Waals surface area contributed by atoms with Crippen molar-refractivity contribution in [3.05, 3.63) is 0 Å². The van der Waals surface area contributed by atoms with Crippen LogP contribution < -0.4 is 0 Å². The third kappa shape index (κ3) is 3.43. The van der Waals surface area contributed by atoms with Crippen molar-refractivity contribution in [1.29, 1.82) is 0 Å². The van der Waals surface area contributed by atoms with Crippen LogP contribution in [0.15, 0.2) is 0 Å². The standard InChI is InChI=1S/C11H21NO5S/c1-9(11(14)15)18(16,17)12(7-8-13)10-5-3-2-4-6-10/h9-10,13H,2-8H2,1H3,(H,14,15). The molecule has 1 unspecified atom stereocenters. The summed E-state index contributed by atoms with van der Waals surface area (Å²) in [5.74, 6) is -1.35. The maximum atomic E-state index is 12.2. The van der Waals surface area contributed by atoms with Gasteiger partial charge in [0.25, 0.3) is 0 Å². The van der Waals surface area contributed by atoms with Gasteiger partial charge in [0.05, 0.1) is 6.61 Å². The number of aliphatic hydroxyl groups excluding tert-OH is 1. The first-order valence-electron chi connectivity index (χ1n) is 6.25. The highest BCUT2D eigenvalue weighted by Gasteiger charge is 2.37. The molecule has 0 bridgehead atoms. The number of nitrogens with zero attached hydrogens (tertiary/aromatic N) is 1. The molecule has 0 aromatic heterocycles. The van der Waals surface area contributed by atoms with E-state index in [0.717, 1.165) is 32.1 Å². The van der Waals surface area contributed by atoms with Crippen molar-refractivity contribution in [1.82, 2.24) is 4.31 Å². The van der Waals surface area contributed by atoms with Crippen LogP contribution in [0.2, 0.25) is 0 Å². The minimum atomic E-state index is -3.89. The van der Waals surface area contributed by atoms with Crippen molar-refractivity contribution in [3.63, 3.8) is 0 Å². The lowest BCUT2D eigenvalue weighted by atomic mass is 9.95. The maximum absolute atomic E-state index is 12.2. The van der Waals surface area contributed by atoms with Crippen LogP contribution in [-0.4, -0.2) is 53.3 Å². The Morgan fingerprint density at radius 1 is 1.33 bits per heavy atom. The Hall–Kier alpha value is -0.660. The van der Waals surface area contributed by atoms with Gasteiger partial charge in [0.1, 0.15) is 0 Å². The van der Waals surface area contributed by atoms with Crippen LogP contribution in [0.4, 0.5) is 0 Å². The zero-order valence-corrected chi connectivity index (χ0v) is 11.4. The molecular weight excluding hydrogens is 258 g/mol. The first kappa shape index (κ1) is 15.4. The molecule has 6 nitrogen and oxygen atoms in total. The zero-order chi connectivity index (χ0) is 13.8. The van der Waals surface area contributed by atoms with E-state index < -0.39 is 21.2 Å². The van der Waals surface area contributed by atoms with Gasteiger partial charge in [-0.2, -0.15) is 4.31 Å². The Balaban J connectivity index is 2.92. The molecule has 1 rings (SSSR count). The summed E-state index contributed by atoms with van der Waals surface area (Å²) in [4.78, 5) is 10.9. The third-order valence-electron chi connectivity index (χ3n) is 3.42. The van der Waals surface area contributed by atoms with E-state index >= 15 is 0 Å². The summed E-state index contributed by atoms with van der Waals surface area (Å²) in [7, 11) is -3.89. The summed E-state index contributed by atoms with van der Waals surface area (Å²) in [6.45, 7) is 0.859. The largest absolute Gasteiger partial charge is 0.480 e. The first-order valence-corrected chi connectivity index (χ1v) is 7.76. The van der Waals surface area contributed by atoms with E-state index in [9.17, 15) is 13.2 Å². The Bertz CT molecular complexity index is 375. The average Bonchev–Trinajstić information content (AvgIpc) is 2.35. The molecule has 0 amide bonds. The van der Waals surface area contributed by atoms with Gasteiger partial charge < -0.3 is 10.2 Å². The van der Waals surface area contributed by atoms with Gasteiger partial charge in [0.15, 0.2) is 5.25 Å². The Kier molecular flexibility index (Phi) is 5.55. The molecule has 0 radical (unpaired) electrons. The van der Waals surface area contributed by atoms with Crippen molar-refractivity contribution in [2.45, 2.75) is 50.3 Å². The van der Waals surface area contributed by atoms with Crippen molar-refractivity contribution in [2.24, 2.45) is 0 Å². The molecule has 0 saturated heterocycles. The SMILES string of the molecule is CC(C(=O)O)S(=O)(=O)N(CCO)C1CCCCC1. The summed E-state index contributed by atoms with van der Waals surface area (Å²) in [6, 6.07) is -0.169. The van der Waals surface area contributed by atoms with Crippen LogP contribution in [0.5, 0.6) is 0 Å². The predicted octanol–water partition coefficient (Wildman–Crippen LogP) is 0.416. The lowest BCUT2D eigenvalue weighted by molar-refractivity contribution is -0.136. The van der Waals surface area contributed by atoms with Crippen LogP contribution in [-0.2, 0) is 14.8 Å². The molecule has 2 N–H and O–H groups in total. The molecule has 1 aliphatic rings. The first-order chi connectivity index (χ1) is 8.41. The minimum Gasteiger partial charge on any atom is -0.480 e. The van der Waals surface area contributed by atoms with Crippen molar-refractivity contribution in [2.75, 3.05) is 13.2 Å². The zero-order valence-electron chi connectivity index (χ0n) is 10.6. The molecule has 1 fully saturated rings. The molecule has 7 heteroatoms. The van der Waals surface area contributed by atoms with E-state index in [-0.39, 0.29) is 19.2 Å². The van der Waals surface area contributed by atoms with E-state index in [1.807, 2.05) is 0 Å². The van der Waals surface area contributed by atoms with Gasteiger partial charge in [0, 0.05) is 12.6 Å². The highest BCUT2D eigenvalue weighted by molar-refractivity contribution is 7.90. The van der Waals surface area contributed by atoms with Crippen LogP contribution in [0.25, 0.3) is 0 Å². The Labute approximate surface area is 108 Å². The lowest BCUT2D eigenvalue weighted by Crippen LogP contribution is -2.48. The number of aliphatic carboxylic acids is 1. The van der Waals surface area contributed by atoms with Crippen LogP contribution in [0, 0.1) is 0 Å². The van der Waals surface area contributed by atoms with Gasteiger partial charge in [0.2, 0.25) is 10.0 Å². The van der Waals surface area contributed by atoms with E-state index in [1.54, 1.807) is 0 Å². The topological polar surface area (TPSA) is 94.9 Å². The van der Waals surface area contributed by atoms with Crippen LogP contribution in [0.3, 0.4) is 0 Å². The molecule has 1 aliphatic carbocycles. The number of rotatable bonds is 6.